The van der Waals surface area contributed by atoms with Crippen molar-refractivity contribution in [2.45, 2.75) is 38.8 Å². The zero-order valence-electron chi connectivity index (χ0n) is 9.42. The first kappa shape index (κ1) is 13.3. The Morgan fingerprint density at radius 3 is 2.38 bits per heavy atom. The Kier molecular flexibility index (Phi) is 7.81. The van der Waals surface area contributed by atoms with E-state index in [0.29, 0.717) is 12.1 Å². The van der Waals surface area contributed by atoms with Crippen LogP contribution >= 0.6 is 11.8 Å². The van der Waals surface area contributed by atoms with E-state index >= 15 is 0 Å². The Bertz CT molecular complexity index is 119. The van der Waals surface area contributed by atoms with Crippen LogP contribution in [0.4, 0.5) is 0 Å². The lowest BCUT2D eigenvalue weighted by molar-refractivity contribution is 0.200. The van der Waals surface area contributed by atoms with Gasteiger partial charge in [0.05, 0.1) is 0 Å². The molecule has 0 heterocycles. The van der Waals surface area contributed by atoms with Gasteiger partial charge < -0.3 is 10.6 Å². The van der Waals surface area contributed by atoms with Gasteiger partial charge in [0.15, 0.2) is 0 Å². The first-order chi connectivity index (χ1) is 6.13. The highest BCUT2D eigenvalue weighted by Crippen LogP contribution is 2.10. The first-order valence-corrected chi connectivity index (χ1v) is 6.43. The van der Waals surface area contributed by atoms with E-state index in [0.717, 1.165) is 13.0 Å². The van der Waals surface area contributed by atoms with E-state index in [1.165, 1.54) is 12.2 Å². The third-order valence-electron chi connectivity index (χ3n) is 2.62. The number of hydrogen-bond donors (Lipinski definition) is 1. The number of rotatable bonds is 7. The van der Waals surface area contributed by atoms with Crippen LogP contribution in [0.3, 0.4) is 0 Å². The summed E-state index contributed by atoms with van der Waals surface area (Å²) >= 11 is 1.91. The van der Waals surface area contributed by atoms with Crippen LogP contribution in [0.15, 0.2) is 0 Å². The second-order valence-corrected chi connectivity index (χ2v) is 4.66. The van der Waals surface area contributed by atoms with Gasteiger partial charge in [0.25, 0.3) is 0 Å². The summed E-state index contributed by atoms with van der Waals surface area (Å²) in [6.07, 6.45) is 4.51. The average Bonchev–Trinajstić information content (AvgIpc) is 2.13. The maximum absolute atomic E-state index is 5.49. The summed E-state index contributed by atoms with van der Waals surface area (Å²) in [6, 6.07) is 1.33. The van der Waals surface area contributed by atoms with Crippen LogP contribution in [0.1, 0.15) is 26.7 Å². The second-order valence-electron chi connectivity index (χ2n) is 3.75. The summed E-state index contributed by atoms with van der Waals surface area (Å²) in [6.45, 7) is 5.39. The van der Waals surface area contributed by atoms with Gasteiger partial charge in [-0.1, -0.05) is 0 Å². The third kappa shape index (κ3) is 5.55. The van der Waals surface area contributed by atoms with Crippen molar-refractivity contribution in [3.63, 3.8) is 0 Å². The quantitative estimate of drug-likeness (QED) is 0.685. The monoisotopic (exact) mass is 204 g/mol. The summed E-state index contributed by atoms with van der Waals surface area (Å²) < 4.78 is 0. The lowest BCUT2D eigenvalue weighted by atomic mass is 10.1. The number of hydrogen-bond acceptors (Lipinski definition) is 3. The van der Waals surface area contributed by atoms with E-state index in [-0.39, 0.29) is 0 Å². The fourth-order valence-corrected chi connectivity index (χ4v) is 2.13. The summed E-state index contributed by atoms with van der Waals surface area (Å²) in [5, 5.41) is 0. The van der Waals surface area contributed by atoms with Gasteiger partial charge in [-0.25, -0.2) is 0 Å². The van der Waals surface area contributed by atoms with Crippen molar-refractivity contribution < 1.29 is 0 Å². The minimum atomic E-state index is 0.658. The van der Waals surface area contributed by atoms with Crippen LogP contribution in [-0.2, 0) is 0 Å². The fourth-order valence-electron chi connectivity index (χ4n) is 1.41. The van der Waals surface area contributed by atoms with Crippen molar-refractivity contribution in [1.29, 1.82) is 0 Å². The topological polar surface area (TPSA) is 29.3 Å². The molecule has 0 aliphatic rings. The Balaban J connectivity index is 3.71. The van der Waals surface area contributed by atoms with Gasteiger partial charge in [0.1, 0.15) is 0 Å². The molecule has 0 saturated carbocycles. The number of thioether (sulfide) groups is 1. The van der Waals surface area contributed by atoms with Crippen LogP contribution in [0.25, 0.3) is 0 Å². The van der Waals surface area contributed by atoms with Crippen molar-refractivity contribution in [3.05, 3.63) is 0 Å². The molecular weight excluding hydrogens is 180 g/mol. The van der Waals surface area contributed by atoms with Gasteiger partial charge in [-0.15, -0.1) is 0 Å². The molecule has 0 rings (SSSR count). The Labute approximate surface area is 87.2 Å². The molecule has 13 heavy (non-hydrogen) atoms. The predicted octanol–water partition coefficient (Wildman–Crippen LogP) is 1.80. The van der Waals surface area contributed by atoms with Gasteiger partial charge in [-0.2, -0.15) is 11.8 Å². The molecule has 0 aliphatic heterocycles. The Morgan fingerprint density at radius 2 is 1.92 bits per heavy atom. The average molecular weight is 204 g/mol. The number of nitrogens with two attached hydrogens (primary N) is 1. The van der Waals surface area contributed by atoms with Crippen LogP contribution in [0, 0.1) is 0 Å². The lowest BCUT2D eigenvalue weighted by Crippen LogP contribution is -2.38. The summed E-state index contributed by atoms with van der Waals surface area (Å²) in [4.78, 5) is 2.45. The predicted molar refractivity (Wildman–Crippen MR) is 63.4 cm³/mol. The first-order valence-electron chi connectivity index (χ1n) is 5.04. The largest absolute Gasteiger partial charge is 0.330 e. The van der Waals surface area contributed by atoms with Crippen molar-refractivity contribution >= 4 is 11.8 Å². The molecule has 0 saturated heterocycles. The molecule has 0 bridgehead atoms. The minimum absolute atomic E-state index is 0.658. The molecule has 0 aromatic carbocycles. The van der Waals surface area contributed by atoms with Gasteiger partial charge in [-0.05, 0) is 46.5 Å². The van der Waals surface area contributed by atoms with Crippen molar-refractivity contribution in [1.82, 2.24) is 4.90 Å². The molecule has 80 valence electrons. The van der Waals surface area contributed by atoms with E-state index in [4.69, 9.17) is 5.73 Å². The van der Waals surface area contributed by atoms with Gasteiger partial charge in [0, 0.05) is 17.8 Å². The lowest BCUT2D eigenvalue weighted by Gasteiger charge is -2.30. The zero-order chi connectivity index (χ0) is 10.3. The molecule has 0 radical (unpaired) electrons. The molecule has 0 fully saturated rings. The highest BCUT2D eigenvalue weighted by Gasteiger charge is 2.14. The van der Waals surface area contributed by atoms with Crippen LogP contribution in [0.5, 0.6) is 0 Å². The molecule has 0 aromatic heterocycles. The fraction of sp³-hybridized carbons (Fsp3) is 1.00. The van der Waals surface area contributed by atoms with E-state index in [1.54, 1.807) is 0 Å². The summed E-state index contributed by atoms with van der Waals surface area (Å²) in [5.74, 6) is 1.21. The molecule has 2 nitrogen and oxygen atoms in total. The second kappa shape index (κ2) is 7.65. The van der Waals surface area contributed by atoms with Crippen LogP contribution in [-0.4, -0.2) is 42.6 Å². The summed E-state index contributed by atoms with van der Waals surface area (Å²) in [5.41, 5.74) is 5.49. The van der Waals surface area contributed by atoms with Crippen molar-refractivity contribution in [2.75, 3.05) is 25.6 Å². The van der Waals surface area contributed by atoms with Crippen molar-refractivity contribution in [3.8, 4) is 0 Å². The molecule has 3 heteroatoms. The molecule has 2 atom stereocenters. The van der Waals surface area contributed by atoms with Gasteiger partial charge >= 0.3 is 0 Å². The highest BCUT2D eigenvalue weighted by molar-refractivity contribution is 7.98. The maximum atomic E-state index is 5.49. The standard InChI is InChI=1S/C10H24N2S/c1-9(6-5-7-11)12(3)10(2)8-13-4/h9-10H,5-8,11H2,1-4H3. The SMILES string of the molecule is CSCC(C)N(C)C(C)CCCN. The molecule has 2 N–H and O–H groups in total. The molecule has 2 unspecified atom stereocenters. The van der Waals surface area contributed by atoms with E-state index in [2.05, 4.69) is 32.1 Å². The third-order valence-corrected chi connectivity index (χ3v) is 3.44. The van der Waals surface area contributed by atoms with Crippen LogP contribution in [0.2, 0.25) is 0 Å². The molecule has 0 spiro atoms. The molecule has 0 aliphatic carbocycles. The molecule has 0 aromatic rings. The van der Waals surface area contributed by atoms with Crippen molar-refractivity contribution in [2.24, 2.45) is 5.73 Å². The van der Waals surface area contributed by atoms with Gasteiger partial charge in [-0.3, -0.25) is 0 Å². The smallest absolute Gasteiger partial charge is 0.0157 e. The van der Waals surface area contributed by atoms with E-state index in [9.17, 15) is 0 Å². The Morgan fingerprint density at radius 1 is 1.31 bits per heavy atom. The molecular formula is C10H24N2S. The maximum Gasteiger partial charge on any atom is 0.0157 e. The van der Waals surface area contributed by atoms with Crippen LogP contribution < -0.4 is 5.73 Å². The minimum Gasteiger partial charge on any atom is -0.330 e. The van der Waals surface area contributed by atoms with E-state index < -0.39 is 0 Å². The molecule has 0 amide bonds. The van der Waals surface area contributed by atoms with E-state index in [1.807, 2.05) is 11.8 Å². The number of nitrogens with zero attached hydrogens (tertiary/aromatic N) is 1. The summed E-state index contributed by atoms with van der Waals surface area (Å²) in [7, 11) is 2.21. The zero-order valence-corrected chi connectivity index (χ0v) is 10.2. The van der Waals surface area contributed by atoms with Gasteiger partial charge in [0.2, 0.25) is 0 Å². The Hall–Kier alpha value is 0.270. The normalized spacial score (nSPS) is 16.2. The highest BCUT2D eigenvalue weighted by atomic mass is 32.2.